The van der Waals surface area contributed by atoms with Crippen LogP contribution >= 0.6 is 0 Å². The Hall–Kier alpha value is -1.95. The predicted molar refractivity (Wildman–Crippen MR) is 74.1 cm³/mol. The second-order valence-corrected chi connectivity index (χ2v) is 4.90. The lowest BCUT2D eigenvalue weighted by molar-refractivity contribution is -0.139. The lowest BCUT2D eigenvalue weighted by Crippen LogP contribution is -2.41. The number of hydrogen-bond acceptors (Lipinski definition) is 3. The molecule has 0 radical (unpaired) electrons. The number of aryl methyl sites for hydroxylation is 1. The molecule has 0 saturated heterocycles. The number of nitrogens with zero attached hydrogens (tertiary/aromatic N) is 1. The molecule has 2 N–H and O–H groups in total. The minimum absolute atomic E-state index is 0.0556. The summed E-state index contributed by atoms with van der Waals surface area (Å²) in [6, 6.07) is 4.05. The van der Waals surface area contributed by atoms with Crippen LogP contribution in [0.2, 0.25) is 0 Å². The number of carbonyl (C=O) groups excluding carboxylic acids is 1. The second-order valence-electron chi connectivity index (χ2n) is 4.90. The van der Waals surface area contributed by atoms with E-state index in [1.807, 2.05) is 13.8 Å². The Morgan fingerprint density at radius 1 is 1.35 bits per heavy atom. The third kappa shape index (κ3) is 4.97. The minimum atomic E-state index is -0.992. The summed E-state index contributed by atoms with van der Waals surface area (Å²) in [5, 5.41) is 11.4. The van der Waals surface area contributed by atoms with Gasteiger partial charge in [0.25, 0.3) is 0 Å². The molecule has 0 fully saturated rings. The van der Waals surface area contributed by atoms with Crippen LogP contribution in [0.1, 0.15) is 19.4 Å². The topological polar surface area (TPSA) is 69.6 Å². The molecule has 1 rings (SSSR count). The first kappa shape index (κ1) is 16.1. The number of halogens is 1. The lowest BCUT2D eigenvalue weighted by atomic mass is 10.2. The number of aliphatic carboxylic acids is 1. The molecule has 5 nitrogen and oxygen atoms in total. The lowest BCUT2D eigenvalue weighted by Gasteiger charge is -2.23. The number of carboxylic acids is 1. The zero-order valence-corrected chi connectivity index (χ0v) is 11.8. The third-order valence-corrected chi connectivity index (χ3v) is 2.89. The van der Waals surface area contributed by atoms with Gasteiger partial charge in [-0.25, -0.2) is 4.39 Å². The summed E-state index contributed by atoms with van der Waals surface area (Å²) in [4.78, 5) is 24.2. The smallest absolute Gasteiger partial charge is 0.317 e. The molecule has 0 bridgehead atoms. The fourth-order valence-corrected chi connectivity index (χ4v) is 1.70. The molecule has 1 aromatic carbocycles. The van der Waals surface area contributed by atoms with Gasteiger partial charge in [0.1, 0.15) is 5.82 Å². The van der Waals surface area contributed by atoms with Crippen molar-refractivity contribution in [2.75, 3.05) is 18.4 Å². The maximum Gasteiger partial charge on any atom is 0.317 e. The molecule has 20 heavy (non-hydrogen) atoms. The summed E-state index contributed by atoms with van der Waals surface area (Å²) >= 11 is 0. The summed E-state index contributed by atoms with van der Waals surface area (Å²) in [5.74, 6) is -1.79. The van der Waals surface area contributed by atoms with E-state index in [2.05, 4.69) is 5.32 Å². The number of rotatable bonds is 6. The molecule has 0 aliphatic heterocycles. The molecule has 110 valence electrons. The molecule has 6 heteroatoms. The highest BCUT2D eigenvalue weighted by Crippen LogP contribution is 2.16. The molecule has 0 unspecified atom stereocenters. The van der Waals surface area contributed by atoms with Crippen molar-refractivity contribution in [3.8, 4) is 0 Å². The van der Waals surface area contributed by atoms with Gasteiger partial charge in [-0.1, -0.05) is 6.07 Å². The average molecular weight is 282 g/mol. The first-order valence-corrected chi connectivity index (χ1v) is 6.31. The molecular weight excluding hydrogens is 263 g/mol. The van der Waals surface area contributed by atoms with Crippen LogP contribution in [0.5, 0.6) is 0 Å². The van der Waals surface area contributed by atoms with Gasteiger partial charge in [-0.3, -0.25) is 14.5 Å². The first-order chi connectivity index (χ1) is 9.29. The molecule has 0 spiro atoms. The van der Waals surface area contributed by atoms with Crippen LogP contribution < -0.4 is 5.32 Å². The van der Waals surface area contributed by atoms with E-state index in [9.17, 15) is 14.0 Å². The van der Waals surface area contributed by atoms with Gasteiger partial charge in [0.05, 0.1) is 13.1 Å². The highest BCUT2D eigenvalue weighted by atomic mass is 19.1. The number of carboxylic acid groups (broad SMARTS) is 1. The van der Waals surface area contributed by atoms with Gasteiger partial charge < -0.3 is 10.4 Å². The van der Waals surface area contributed by atoms with Gasteiger partial charge >= 0.3 is 5.97 Å². The van der Waals surface area contributed by atoms with Crippen molar-refractivity contribution in [3.63, 3.8) is 0 Å². The van der Waals surface area contributed by atoms with E-state index >= 15 is 0 Å². The average Bonchev–Trinajstić information content (AvgIpc) is 2.32. The van der Waals surface area contributed by atoms with Crippen LogP contribution in [0.3, 0.4) is 0 Å². The fourth-order valence-electron chi connectivity index (χ4n) is 1.70. The maximum atomic E-state index is 13.1. The third-order valence-electron chi connectivity index (χ3n) is 2.89. The standard InChI is InChI=1S/C14H19FN2O3/c1-9(2)17(8-14(19)20)7-13(18)16-12-6-11(15)5-4-10(12)3/h4-6,9H,7-8H2,1-3H3,(H,16,18)(H,19,20). The normalized spacial score (nSPS) is 10.9. The van der Waals surface area contributed by atoms with Crippen molar-refractivity contribution >= 4 is 17.6 Å². The number of carbonyl (C=O) groups is 2. The van der Waals surface area contributed by atoms with E-state index in [-0.39, 0.29) is 25.0 Å². The van der Waals surface area contributed by atoms with Gasteiger partial charge in [0, 0.05) is 11.7 Å². The molecule has 0 saturated carbocycles. The van der Waals surface area contributed by atoms with Crippen molar-refractivity contribution in [1.29, 1.82) is 0 Å². The molecule has 1 amide bonds. The van der Waals surface area contributed by atoms with Crippen molar-refractivity contribution < 1.29 is 19.1 Å². The molecule has 0 aliphatic carbocycles. The van der Waals surface area contributed by atoms with E-state index in [1.165, 1.54) is 17.0 Å². The zero-order chi connectivity index (χ0) is 15.3. The van der Waals surface area contributed by atoms with E-state index in [1.54, 1.807) is 13.0 Å². The molecule has 0 heterocycles. The van der Waals surface area contributed by atoms with Crippen molar-refractivity contribution in [2.45, 2.75) is 26.8 Å². The van der Waals surface area contributed by atoms with E-state index < -0.39 is 11.8 Å². The highest BCUT2D eigenvalue weighted by molar-refractivity contribution is 5.93. The summed E-state index contributed by atoms with van der Waals surface area (Å²) in [7, 11) is 0. The quantitative estimate of drug-likeness (QED) is 0.835. The summed E-state index contributed by atoms with van der Waals surface area (Å²) in [6.07, 6.45) is 0. The number of benzene rings is 1. The SMILES string of the molecule is Cc1ccc(F)cc1NC(=O)CN(CC(=O)O)C(C)C. The van der Waals surface area contributed by atoms with Crippen LogP contribution in [-0.4, -0.2) is 41.0 Å². The van der Waals surface area contributed by atoms with Gasteiger partial charge in [0.2, 0.25) is 5.91 Å². The zero-order valence-electron chi connectivity index (χ0n) is 11.8. The largest absolute Gasteiger partial charge is 0.480 e. The molecule has 1 aromatic rings. The summed E-state index contributed by atoms with van der Waals surface area (Å²) in [6.45, 7) is 5.10. The molecule has 0 aliphatic rings. The maximum absolute atomic E-state index is 13.1. The Kier molecular flexibility index (Phi) is 5.64. The van der Waals surface area contributed by atoms with Crippen LogP contribution in [0.25, 0.3) is 0 Å². The second kappa shape index (κ2) is 7.00. The van der Waals surface area contributed by atoms with Crippen LogP contribution in [-0.2, 0) is 9.59 Å². The van der Waals surface area contributed by atoms with Crippen molar-refractivity contribution in [1.82, 2.24) is 4.90 Å². The number of hydrogen-bond donors (Lipinski definition) is 2. The predicted octanol–water partition coefficient (Wildman–Crippen LogP) is 1.87. The van der Waals surface area contributed by atoms with Gasteiger partial charge in [-0.2, -0.15) is 0 Å². The van der Waals surface area contributed by atoms with E-state index in [0.29, 0.717) is 5.69 Å². The van der Waals surface area contributed by atoms with Gasteiger partial charge in [-0.15, -0.1) is 0 Å². The van der Waals surface area contributed by atoms with Gasteiger partial charge in [0.15, 0.2) is 0 Å². The number of amides is 1. The Labute approximate surface area is 117 Å². The summed E-state index contributed by atoms with van der Waals surface area (Å²) in [5.41, 5.74) is 1.14. The van der Waals surface area contributed by atoms with Gasteiger partial charge in [-0.05, 0) is 38.5 Å². The van der Waals surface area contributed by atoms with Crippen molar-refractivity contribution in [3.05, 3.63) is 29.6 Å². The number of anilines is 1. The van der Waals surface area contributed by atoms with E-state index in [0.717, 1.165) is 5.56 Å². The van der Waals surface area contributed by atoms with Crippen LogP contribution in [0.4, 0.5) is 10.1 Å². The molecule has 0 atom stereocenters. The monoisotopic (exact) mass is 282 g/mol. The Morgan fingerprint density at radius 3 is 2.55 bits per heavy atom. The Bertz CT molecular complexity index is 503. The molecule has 0 aromatic heterocycles. The van der Waals surface area contributed by atoms with Crippen LogP contribution in [0, 0.1) is 12.7 Å². The Morgan fingerprint density at radius 2 is 2.00 bits per heavy atom. The number of nitrogens with one attached hydrogen (secondary N) is 1. The minimum Gasteiger partial charge on any atom is -0.480 e. The summed E-state index contributed by atoms with van der Waals surface area (Å²) < 4.78 is 13.1. The van der Waals surface area contributed by atoms with E-state index in [4.69, 9.17) is 5.11 Å². The highest BCUT2D eigenvalue weighted by Gasteiger charge is 2.17. The molecular formula is C14H19FN2O3. The van der Waals surface area contributed by atoms with Crippen molar-refractivity contribution in [2.24, 2.45) is 0 Å². The fraction of sp³-hybridized carbons (Fsp3) is 0.429. The Balaban J connectivity index is 2.70. The van der Waals surface area contributed by atoms with Crippen LogP contribution in [0.15, 0.2) is 18.2 Å². The first-order valence-electron chi connectivity index (χ1n) is 6.31.